The van der Waals surface area contributed by atoms with Gasteiger partial charge in [-0.05, 0) is 50.1 Å². The molecule has 43 heavy (non-hydrogen) atoms. The lowest BCUT2D eigenvalue weighted by Crippen LogP contribution is -2.39. The molecule has 1 aliphatic rings. The molecule has 2 amide bonds. The van der Waals surface area contributed by atoms with Gasteiger partial charge in [-0.3, -0.25) is 14.0 Å². The molecule has 0 saturated carbocycles. The number of imidazole rings is 1. The van der Waals surface area contributed by atoms with E-state index >= 15 is 0 Å². The lowest BCUT2D eigenvalue weighted by Gasteiger charge is -2.32. The molecule has 0 bridgehead atoms. The van der Waals surface area contributed by atoms with Crippen molar-refractivity contribution in [3.05, 3.63) is 64.8 Å². The van der Waals surface area contributed by atoms with Gasteiger partial charge in [0.25, 0.3) is 5.91 Å². The summed E-state index contributed by atoms with van der Waals surface area (Å²) in [5, 5.41) is 2.70. The van der Waals surface area contributed by atoms with Crippen molar-refractivity contribution in [2.75, 3.05) is 30.7 Å². The molecule has 3 aromatic heterocycles. The smallest absolute Gasteiger partial charge is 0.416 e. The number of piperidine rings is 1. The minimum Gasteiger partial charge on any atom is -0.493 e. The monoisotopic (exact) mass is 615 g/mol. The number of hydrogen-bond donors (Lipinski definition) is 2. The fourth-order valence-electron chi connectivity index (χ4n) is 5.23. The molecule has 10 nitrogen and oxygen atoms in total. The molecule has 1 unspecified atom stereocenters. The number of nitrogens with two attached hydrogens (primary N) is 1. The van der Waals surface area contributed by atoms with E-state index in [1.807, 2.05) is 11.8 Å². The van der Waals surface area contributed by atoms with Gasteiger partial charge in [0.15, 0.2) is 0 Å². The number of fused-ring (bicyclic) bond motifs is 1. The number of amides is 2. The molecule has 1 fully saturated rings. The number of aromatic nitrogens is 4. The maximum absolute atomic E-state index is 13.1. The van der Waals surface area contributed by atoms with E-state index in [1.54, 1.807) is 17.4 Å². The molecule has 0 spiro atoms. The highest BCUT2D eigenvalue weighted by Crippen LogP contribution is 2.40. The summed E-state index contributed by atoms with van der Waals surface area (Å²) in [6.07, 6.45) is -0.185. The van der Waals surface area contributed by atoms with Crippen LogP contribution in [0.25, 0.3) is 16.8 Å². The van der Waals surface area contributed by atoms with Crippen LogP contribution in [0.5, 0.6) is 5.75 Å². The van der Waals surface area contributed by atoms with Gasteiger partial charge in [0.1, 0.15) is 39.6 Å². The van der Waals surface area contributed by atoms with E-state index in [1.165, 1.54) is 18.3 Å². The molecular weight excluding hydrogens is 587 g/mol. The molecule has 1 aromatic carbocycles. The number of carbonyl (C=O) groups is 2. The van der Waals surface area contributed by atoms with E-state index in [4.69, 9.17) is 27.1 Å². The first-order chi connectivity index (χ1) is 20.5. The first kappa shape index (κ1) is 30.1. The third-order valence-electron chi connectivity index (χ3n) is 7.24. The minimum absolute atomic E-state index is 0.0610. The van der Waals surface area contributed by atoms with Crippen LogP contribution in [-0.4, -0.2) is 55.8 Å². The molecule has 14 heteroatoms. The summed E-state index contributed by atoms with van der Waals surface area (Å²) in [5.74, 6) is 0.110. The van der Waals surface area contributed by atoms with E-state index in [2.05, 4.69) is 15.3 Å². The molecule has 3 N–H and O–H groups in total. The predicted octanol–water partition coefficient (Wildman–Crippen LogP) is 5.81. The fourth-order valence-corrected chi connectivity index (χ4v) is 5.45. The average Bonchev–Trinajstić information content (AvgIpc) is 3.40. The topological polar surface area (TPSA) is 128 Å². The summed E-state index contributed by atoms with van der Waals surface area (Å²) < 4.78 is 47.0. The van der Waals surface area contributed by atoms with Gasteiger partial charge in [0, 0.05) is 42.8 Å². The largest absolute Gasteiger partial charge is 0.493 e. The molecule has 1 aliphatic heterocycles. The van der Waals surface area contributed by atoms with Crippen molar-refractivity contribution < 1.29 is 27.5 Å². The van der Waals surface area contributed by atoms with Crippen LogP contribution in [0.4, 0.5) is 24.8 Å². The molecule has 5 rings (SSSR count). The highest BCUT2D eigenvalue weighted by molar-refractivity contribution is 6.30. The second kappa shape index (κ2) is 12.1. The predicted molar refractivity (Wildman–Crippen MR) is 155 cm³/mol. The van der Waals surface area contributed by atoms with Crippen LogP contribution in [0.2, 0.25) is 5.15 Å². The van der Waals surface area contributed by atoms with Gasteiger partial charge >= 0.3 is 6.18 Å². The molecule has 0 aliphatic carbocycles. The second-order valence-corrected chi connectivity index (χ2v) is 10.4. The van der Waals surface area contributed by atoms with Crippen LogP contribution in [0, 0.1) is 0 Å². The van der Waals surface area contributed by atoms with Crippen LogP contribution in [-0.2, 0) is 11.0 Å². The van der Waals surface area contributed by atoms with E-state index in [0.717, 1.165) is 31.2 Å². The van der Waals surface area contributed by atoms with Crippen molar-refractivity contribution in [1.29, 1.82) is 0 Å². The number of nitrogen functional groups attached to an aromatic ring is 1. The molecule has 4 heterocycles. The standard InChI is InChI=1S/C29H29ClF3N7O3/c1-3-23(41)39-11-5-6-17(15-39)27-38-24(25-26(34)36-14-21(30)40(25)27)19-8-7-16(12-20(19)43-4-2)28(42)37-22-13-18(9-10-35-22)29(31,32)33/h7-10,12-14,17H,3-6,11,15H2,1-2H3,(H2,34,36)(H,35,37,42). The van der Waals surface area contributed by atoms with Crippen LogP contribution in [0.1, 0.15) is 60.8 Å². The van der Waals surface area contributed by atoms with E-state index in [9.17, 15) is 22.8 Å². The Bertz CT molecular complexity index is 1690. The van der Waals surface area contributed by atoms with Crippen LogP contribution in [0.3, 0.4) is 0 Å². The van der Waals surface area contributed by atoms with Crippen molar-refractivity contribution in [2.45, 2.75) is 45.2 Å². The maximum Gasteiger partial charge on any atom is 0.416 e. The molecule has 4 aromatic rings. The summed E-state index contributed by atoms with van der Waals surface area (Å²) >= 11 is 6.63. The Morgan fingerprint density at radius 3 is 2.70 bits per heavy atom. The Hall–Kier alpha value is -4.39. The summed E-state index contributed by atoms with van der Waals surface area (Å²) in [6, 6.07) is 6.18. The Balaban J connectivity index is 1.55. The van der Waals surface area contributed by atoms with Gasteiger partial charge in [0.05, 0.1) is 18.4 Å². The number of alkyl halides is 3. The molecule has 1 saturated heterocycles. The summed E-state index contributed by atoms with van der Waals surface area (Å²) in [5.41, 5.74) is 6.92. The second-order valence-electron chi connectivity index (χ2n) is 10.0. The maximum atomic E-state index is 13.1. The quantitative estimate of drug-likeness (QED) is 0.268. The van der Waals surface area contributed by atoms with Crippen LogP contribution >= 0.6 is 11.6 Å². The first-order valence-electron chi connectivity index (χ1n) is 13.7. The number of hydrogen-bond acceptors (Lipinski definition) is 7. The average molecular weight is 616 g/mol. The minimum atomic E-state index is -4.58. The van der Waals surface area contributed by atoms with Gasteiger partial charge in [-0.1, -0.05) is 18.5 Å². The number of benzene rings is 1. The Labute approximate surface area is 250 Å². The van der Waals surface area contributed by atoms with Gasteiger partial charge in [0.2, 0.25) is 5.91 Å². The van der Waals surface area contributed by atoms with E-state index in [-0.39, 0.29) is 35.6 Å². The number of pyridine rings is 1. The third kappa shape index (κ3) is 6.07. The van der Waals surface area contributed by atoms with Gasteiger partial charge in [-0.15, -0.1) is 0 Å². The molecule has 226 valence electrons. The first-order valence-corrected chi connectivity index (χ1v) is 14.1. The highest BCUT2D eigenvalue weighted by atomic mass is 35.5. The van der Waals surface area contributed by atoms with Crippen LogP contribution in [0.15, 0.2) is 42.7 Å². The normalized spacial score (nSPS) is 15.5. The molecular formula is C29H29ClF3N7O3. The zero-order chi connectivity index (χ0) is 30.9. The Kier molecular flexibility index (Phi) is 8.45. The lowest BCUT2D eigenvalue weighted by molar-refractivity contribution is -0.137. The third-order valence-corrected chi connectivity index (χ3v) is 7.51. The van der Waals surface area contributed by atoms with Crippen molar-refractivity contribution in [3.8, 4) is 17.0 Å². The fraction of sp³-hybridized carbons (Fsp3) is 0.345. The summed E-state index contributed by atoms with van der Waals surface area (Å²) in [4.78, 5) is 40.3. The van der Waals surface area contributed by atoms with Crippen molar-refractivity contribution >= 4 is 40.6 Å². The number of nitrogens with one attached hydrogen (secondary N) is 1. The van der Waals surface area contributed by atoms with Crippen molar-refractivity contribution in [1.82, 2.24) is 24.3 Å². The number of likely N-dealkylation sites (tertiary alicyclic amines) is 1. The zero-order valence-corrected chi connectivity index (χ0v) is 24.2. The lowest BCUT2D eigenvalue weighted by atomic mass is 9.97. The Morgan fingerprint density at radius 1 is 1.19 bits per heavy atom. The van der Waals surface area contributed by atoms with E-state index in [0.29, 0.717) is 53.0 Å². The number of ether oxygens (including phenoxy) is 1. The number of halogens is 4. The van der Waals surface area contributed by atoms with E-state index < -0.39 is 17.6 Å². The number of carbonyl (C=O) groups excluding carboxylic acids is 2. The SMILES string of the molecule is CCOc1cc(C(=O)Nc2cc(C(F)(F)F)ccn2)ccc1-c1nc(C2CCCN(C(=O)CC)C2)n2c(Cl)cnc(N)c12. The van der Waals surface area contributed by atoms with Gasteiger partial charge < -0.3 is 20.7 Å². The Morgan fingerprint density at radius 2 is 1.98 bits per heavy atom. The number of rotatable bonds is 7. The van der Waals surface area contributed by atoms with Crippen LogP contribution < -0.4 is 15.8 Å². The summed E-state index contributed by atoms with van der Waals surface area (Å²) in [7, 11) is 0. The van der Waals surface area contributed by atoms with Crippen molar-refractivity contribution in [3.63, 3.8) is 0 Å². The molecule has 0 radical (unpaired) electrons. The summed E-state index contributed by atoms with van der Waals surface area (Å²) in [6.45, 7) is 4.99. The number of nitrogens with zero attached hydrogens (tertiary/aromatic N) is 5. The van der Waals surface area contributed by atoms with Gasteiger partial charge in [-0.2, -0.15) is 13.2 Å². The zero-order valence-electron chi connectivity index (χ0n) is 23.4. The molecule has 1 atom stereocenters. The van der Waals surface area contributed by atoms with Crippen molar-refractivity contribution in [2.24, 2.45) is 0 Å². The number of anilines is 2. The van der Waals surface area contributed by atoms with Gasteiger partial charge in [-0.25, -0.2) is 15.0 Å². The highest BCUT2D eigenvalue weighted by Gasteiger charge is 2.32.